The molecule has 3 rings (SSSR count). The van der Waals surface area contributed by atoms with Gasteiger partial charge in [-0.1, -0.05) is 12.1 Å². The van der Waals surface area contributed by atoms with Gasteiger partial charge in [0.05, 0.1) is 5.69 Å². The summed E-state index contributed by atoms with van der Waals surface area (Å²) in [5.41, 5.74) is 6.63. The Balaban J connectivity index is 1.69. The summed E-state index contributed by atoms with van der Waals surface area (Å²) in [7, 11) is 0. The van der Waals surface area contributed by atoms with Crippen LogP contribution in [0.5, 0.6) is 5.75 Å². The second kappa shape index (κ2) is 3.98. The summed E-state index contributed by atoms with van der Waals surface area (Å²) in [5, 5.41) is 3.61. The van der Waals surface area contributed by atoms with Crippen LogP contribution in [-0.4, -0.2) is 18.2 Å². The monoisotopic (exact) mass is 218 g/mol. The second-order valence-corrected chi connectivity index (χ2v) is 4.89. The smallest absolute Gasteiger partial charge is 0.142 e. The Bertz CT molecular complexity index is 368. The van der Waals surface area contributed by atoms with Gasteiger partial charge in [0.2, 0.25) is 0 Å². The lowest BCUT2D eigenvalue weighted by atomic mass is 10.0. The Labute approximate surface area is 96.0 Å². The first kappa shape index (κ1) is 9.97. The van der Waals surface area contributed by atoms with Gasteiger partial charge in [-0.3, -0.25) is 0 Å². The Morgan fingerprint density at radius 1 is 1.12 bits per heavy atom. The van der Waals surface area contributed by atoms with Crippen molar-refractivity contribution >= 4 is 5.69 Å². The van der Waals surface area contributed by atoms with Crippen molar-refractivity contribution in [3.05, 3.63) is 24.3 Å². The van der Waals surface area contributed by atoms with E-state index in [-0.39, 0.29) is 0 Å². The molecular weight excluding hydrogens is 200 g/mol. The molecule has 2 atom stereocenters. The van der Waals surface area contributed by atoms with E-state index in [1.54, 1.807) is 0 Å². The predicted octanol–water partition coefficient (Wildman–Crippen LogP) is 1.93. The molecule has 2 aliphatic rings. The molecule has 0 radical (unpaired) electrons. The number of nitrogen functional groups attached to an aromatic ring is 1. The van der Waals surface area contributed by atoms with Crippen molar-refractivity contribution in [1.82, 2.24) is 5.32 Å². The van der Waals surface area contributed by atoms with Crippen molar-refractivity contribution in [3.63, 3.8) is 0 Å². The molecule has 0 spiro atoms. The lowest BCUT2D eigenvalue weighted by Crippen LogP contribution is -2.42. The topological polar surface area (TPSA) is 47.3 Å². The highest BCUT2D eigenvalue weighted by Gasteiger charge is 2.34. The van der Waals surface area contributed by atoms with E-state index in [1.165, 1.54) is 12.8 Å². The molecular formula is C13H18N2O. The maximum absolute atomic E-state index is 6.00. The van der Waals surface area contributed by atoms with Gasteiger partial charge in [0.25, 0.3) is 0 Å². The number of nitrogens with two attached hydrogens (primary N) is 1. The average Bonchev–Trinajstić information content (AvgIpc) is 2.62. The zero-order valence-electron chi connectivity index (χ0n) is 9.36. The van der Waals surface area contributed by atoms with Gasteiger partial charge >= 0.3 is 0 Å². The van der Waals surface area contributed by atoms with Crippen molar-refractivity contribution < 1.29 is 4.74 Å². The number of nitrogens with one attached hydrogen (secondary N) is 1. The van der Waals surface area contributed by atoms with Gasteiger partial charge in [-0.25, -0.2) is 0 Å². The summed E-state index contributed by atoms with van der Waals surface area (Å²) in [5.74, 6) is 0.841. The molecule has 0 saturated carbocycles. The fourth-order valence-electron chi connectivity index (χ4n) is 2.87. The highest BCUT2D eigenvalue weighted by atomic mass is 16.5. The Morgan fingerprint density at radius 2 is 1.81 bits per heavy atom. The number of benzene rings is 1. The van der Waals surface area contributed by atoms with Crippen LogP contribution >= 0.6 is 0 Å². The van der Waals surface area contributed by atoms with E-state index >= 15 is 0 Å². The van der Waals surface area contributed by atoms with Crippen LogP contribution in [0.25, 0.3) is 0 Å². The van der Waals surface area contributed by atoms with E-state index in [0.29, 0.717) is 18.2 Å². The number of fused-ring (bicyclic) bond motifs is 2. The quantitative estimate of drug-likeness (QED) is 0.746. The molecule has 2 bridgehead atoms. The fraction of sp³-hybridized carbons (Fsp3) is 0.538. The van der Waals surface area contributed by atoms with Crippen molar-refractivity contribution in [2.45, 2.75) is 43.9 Å². The van der Waals surface area contributed by atoms with Crippen LogP contribution in [0, 0.1) is 0 Å². The average molecular weight is 218 g/mol. The summed E-state index contributed by atoms with van der Waals surface area (Å²) < 4.78 is 6.00. The molecule has 3 N–H and O–H groups in total. The number of hydrogen-bond donors (Lipinski definition) is 2. The van der Waals surface area contributed by atoms with Gasteiger partial charge in [0.1, 0.15) is 11.9 Å². The molecule has 2 saturated heterocycles. The SMILES string of the molecule is Nc1ccccc1OC1CC2CCC(C1)N2. The van der Waals surface area contributed by atoms with E-state index in [2.05, 4.69) is 5.32 Å². The van der Waals surface area contributed by atoms with Gasteiger partial charge in [0, 0.05) is 12.1 Å². The van der Waals surface area contributed by atoms with Crippen LogP contribution in [-0.2, 0) is 0 Å². The molecule has 0 aromatic heterocycles. The summed E-state index contributed by atoms with van der Waals surface area (Å²) in [6, 6.07) is 9.09. The molecule has 3 nitrogen and oxygen atoms in total. The first-order valence-electron chi connectivity index (χ1n) is 6.08. The van der Waals surface area contributed by atoms with Gasteiger partial charge in [0.15, 0.2) is 0 Å². The summed E-state index contributed by atoms with van der Waals surface area (Å²) in [6.07, 6.45) is 5.17. The largest absolute Gasteiger partial charge is 0.488 e. The molecule has 2 aliphatic heterocycles. The minimum atomic E-state index is 0.337. The van der Waals surface area contributed by atoms with Crippen LogP contribution in [0.15, 0.2) is 24.3 Å². The molecule has 1 aromatic carbocycles. The highest BCUT2D eigenvalue weighted by Crippen LogP contribution is 2.31. The predicted molar refractivity (Wildman–Crippen MR) is 64.5 cm³/mol. The standard InChI is InChI=1S/C13H18N2O/c14-12-3-1-2-4-13(12)16-11-7-9-5-6-10(8-11)15-9/h1-4,9-11,15H,5-8,14H2. The summed E-state index contributed by atoms with van der Waals surface area (Å²) in [4.78, 5) is 0. The lowest BCUT2D eigenvalue weighted by Gasteiger charge is -2.29. The number of piperidine rings is 1. The third-order valence-electron chi connectivity index (χ3n) is 3.64. The molecule has 86 valence electrons. The van der Waals surface area contributed by atoms with Gasteiger partial charge in [-0.15, -0.1) is 0 Å². The molecule has 16 heavy (non-hydrogen) atoms. The third kappa shape index (κ3) is 1.87. The van der Waals surface area contributed by atoms with Crippen LogP contribution in [0.1, 0.15) is 25.7 Å². The number of rotatable bonds is 2. The molecule has 2 unspecified atom stereocenters. The minimum absolute atomic E-state index is 0.337. The molecule has 2 fully saturated rings. The zero-order chi connectivity index (χ0) is 11.0. The van der Waals surface area contributed by atoms with Crippen LogP contribution in [0.3, 0.4) is 0 Å². The number of anilines is 1. The summed E-state index contributed by atoms with van der Waals surface area (Å²) in [6.45, 7) is 0. The fourth-order valence-corrected chi connectivity index (χ4v) is 2.87. The van der Waals surface area contributed by atoms with Crippen molar-refractivity contribution in [2.24, 2.45) is 0 Å². The van der Waals surface area contributed by atoms with Gasteiger partial charge < -0.3 is 15.8 Å². The molecule has 1 aromatic rings. The summed E-state index contributed by atoms with van der Waals surface area (Å²) >= 11 is 0. The normalized spacial score (nSPS) is 32.6. The van der Waals surface area contributed by atoms with Gasteiger partial charge in [-0.2, -0.15) is 0 Å². The van der Waals surface area contributed by atoms with Crippen molar-refractivity contribution in [1.29, 1.82) is 0 Å². The molecule has 2 heterocycles. The maximum Gasteiger partial charge on any atom is 0.142 e. The Hall–Kier alpha value is -1.22. The Kier molecular flexibility index (Phi) is 2.48. The van der Waals surface area contributed by atoms with E-state index in [9.17, 15) is 0 Å². The maximum atomic E-state index is 6.00. The second-order valence-electron chi connectivity index (χ2n) is 4.89. The number of hydrogen-bond acceptors (Lipinski definition) is 3. The number of ether oxygens (including phenoxy) is 1. The van der Waals surface area contributed by atoms with E-state index in [1.807, 2.05) is 24.3 Å². The lowest BCUT2D eigenvalue weighted by molar-refractivity contribution is 0.138. The first-order chi connectivity index (χ1) is 7.81. The van der Waals surface area contributed by atoms with E-state index < -0.39 is 0 Å². The minimum Gasteiger partial charge on any atom is -0.488 e. The molecule has 0 amide bonds. The van der Waals surface area contributed by atoms with E-state index in [0.717, 1.165) is 24.3 Å². The van der Waals surface area contributed by atoms with Crippen LogP contribution in [0.2, 0.25) is 0 Å². The Morgan fingerprint density at radius 3 is 2.50 bits per heavy atom. The van der Waals surface area contributed by atoms with Crippen LogP contribution in [0.4, 0.5) is 5.69 Å². The molecule has 3 heteroatoms. The van der Waals surface area contributed by atoms with E-state index in [4.69, 9.17) is 10.5 Å². The van der Waals surface area contributed by atoms with Crippen molar-refractivity contribution in [2.75, 3.05) is 5.73 Å². The van der Waals surface area contributed by atoms with Gasteiger partial charge in [-0.05, 0) is 37.8 Å². The molecule has 0 aliphatic carbocycles. The number of para-hydroxylation sites is 2. The first-order valence-corrected chi connectivity index (χ1v) is 6.08. The van der Waals surface area contributed by atoms with Crippen LogP contribution < -0.4 is 15.8 Å². The zero-order valence-corrected chi connectivity index (χ0v) is 9.36. The highest BCUT2D eigenvalue weighted by molar-refractivity contribution is 5.51. The third-order valence-corrected chi connectivity index (χ3v) is 3.64. The van der Waals surface area contributed by atoms with Crippen molar-refractivity contribution in [3.8, 4) is 5.75 Å².